The number of pyridine rings is 1. The summed E-state index contributed by atoms with van der Waals surface area (Å²) in [5.41, 5.74) is 8.36. The molecule has 0 radical (unpaired) electrons. The molecular formula is C31H27N. The van der Waals surface area contributed by atoms with Crippen LogP contribution in [0, 0.1) is 0 Å². The maximum Gasteiger partial charge on any atom is 0.0702 e. The van der Waals surface area contributed by atoms with E-state index in [2.05, 4.69) is 118 Å². The first kappa shape index (κ1) is 20.2. The maximum atomic E-state index is 4.84. The zero-order chi connectivity index (χ0) is 22.1. The summed E-state index contributed by atoms with van der Waals surface area (Å²) >= 11 is 0. The molecule has 0 aliphatic heterocycles. The molecular weight excluding hydrogens is 386 g/mol. The van der Waals surface area contributed by atoms with Crippen molar-refractivity contribution in [2.75, 3.05) is 0 Å². The molecule has 1 heterocycles. The summed E-state index contributed by atoms with van der Waals surface area (Å²) in [6.07, 6.45) is 1.98. The van der Waals surface area contributed by atoms with Gasteiger partial charge in [0.05, 0.1) is 5.69 Å². The number of hydrogen-bond donors (Lipinski definition) is 0. The van der Waals surface area contributed by atoms with Crippen LogP contribution in [0.3, 0.4) is 0 Å². The van der Waals surface area contributed by atoms with Crippen LogP contribution in [-0.4, -0.2) is 4.98 Å². The highest BCUT2D eigenvalue weighted by molar-refractivity contribution is 5.91. The fraction of sp³-hybridized carbons (Fsp3) is 0.129. The zero-order valence-corrected chi connectivity index (χ0v) is 18.8. The van der Waals surface area contributed by atoms with Crippen LogP contribution >= 0.6 is 0 Å². The van der Waals surface area contributed by atoms with Crippen molar-refractivity contribution in [3.63, 3.8) is 0 Å². The normalized spacial score (nSPS) is 11.6. The second kappa shape index (κ2) is 8.09. The molecule has 1 nitrogen and oxygen atoms in total. The van der Waals surface area contributed by atoms with Crippen molar-refractivity contribution in [3.8, 4) is 33.5 Å². The minimum atomic E-state index is 0.0655. The van der Waals surface area contributed by atoms with Gasteiger partial charge in [-0.05, 0) is 56.6 Å². The van der Waals surface area contributed by atoms with Crippen LogP contribution in [0.15, 0.2) is 109 Å². The number of fused-ring (bicyclic) bond motifs is 1. The van der Waals surface area contributed by atoms with E-state index >= 15 is 0 Å². The van der Waals surface area contributed by atoms with Gasteiger partial charge in [-0.2, -0.15) is 0 Å². The van der Waals surface area contributed by atoms with E-state index in [4.69, 9.17) is 4.98 Å². The maximum absolute atomic E-state index is 4.84. The van der Waals surface area contributed by atoms with Gasteiger partial charge >= 0.3 is 0 Å². The molecule has 0 saturated heterocycles. The van der Waals surface area contributed by atoms with Crippen molar-refractivity contribution in [1.82, 2.24) is 4.98 Å². The first-order valence-electron chi connectivity index (χ1n) is 11.1. The van der Waals surface area contributed by atoms with E-state index < -0.39 is 0 Å². The number of nitrogens with zero attached hydrogens (tertiary/aromatic N) is 1. The third-order valence-corrected chi connectivity index (χ3v) is 6.05. The predicted octanol–water partition coefficient (Wildman–Crippen LogP) is 8.53. The molecule has 0 saturated carbocycles. The Hall–Kier alpha value is -3.71. The summed E-state index contributed by atoms with van der Waals surface area (Å²) in [4.78, 5) is 4.84. The Morgan fingerprint density at radius 3 is 1.78 bits per heavy atom. The van der Waals surface area contributed by atoms with Crippen molar-refractivity contribution >= 4 is 10.8 Å². The average Bonchev–Trinajstić information content (AvgIpc) is 2.83. The standard InChI is InChI=1S/C31H27N/c1-31(2,3)29-20-27(19-25-11-7-8-12-28(25)29)30-18-17-26(21-32-30)24-15-13-23(14-16-24)22-9-5-4-6-10-22/h4-21H,1-3H3. The van der Waals surface area contributed by atoms with Crippen LogP contribution in [0.1, 0.15) is 26.3 Å². The van der Waals surface area contributed by atoms with Crippen LogP contribution in [0.5, 0.6) is 0 Å². The average molecular weight is 414 g/mol. The van der Waals surface area contributed by atoms with E-state index in [9.17, 15) is 0 Å². The molecule has 0 atom stereocenters. The highest BCUT2D eigenvalue weighted by Gasteiger charge is 2.18. The molecule has 4 aromatic carbocycles. The highest BCUT2D eigenvalue weighted by atomic mass is 14.7. The molecule has 5 rings (SSSR count). The van der Waals surface area contributed by atoms with Crippen LogP contribution in [0.2, 0.25) is 0 Å². The van der Waals surface area contributed by atoms with E-state index in [1.807, 2.05) is 12.3 Å². The number of aromatic nitrogens is 1. The van der Waals surface area contributed by atoms with Gasteiger partial charge in [-0.3, -0.25) is 4.98 Å². The smallest absolute Gasteiger partial charge is 0.0702 e. The Labute approximate surface area is 190 Å². The number of rotatable bonds is 3. The summed E-state index contributed by atoms with van der Waals surface area (Å²) in [6, 6.07) is 36.7. The first-order valence-corrected chi connectivity index (χ1v) is 11.1. The van der Waals surface area contributed by atoms with E-state index in [1.54, 1.807) is 0 Å². The van der Waals surface area contributed by atoms with Gasteiger partial charge in [0, 0.05) is 17.3 Å². The lowest BCUT2D eigenvalue weighted by atomic mass is 9.82. The second-order valence-corrected chi connectivity index (χ2v) is 9.37. The number of benzene rings is 4. The minimum absolute atomic E-state index is 0.0655. The van der Waals surface area contributed by atoms with E-state index in [1.165, 1.54) is 38.6 Å². The Morgan fingerprint density at radius 2 is 1.12 bits per heavy atom. The third-order valence-electron chi connectivity index (χ3n) is 6.05. The molecule has 5 aromatic rings. The van der Waals surface area contributed by atoms with Crippen LogP contribution in [-0.2, 0) is 5.41 Å². The van der Waals surface area contributed by atoms with Gasteiger partial charge in [-0.25, -0.2) is 0 Å². The van der Waals surface area contributed by atoms with Gasteiger partial charge < -0.3 is 0 Å². The van der Waals surface area contributed by atoms with Gasteiger partial charge in [0.1, 0.15) is 0 Å². The van der Waals surface area contributed by atoms with Gasteiger partial charge in [0.2, 0.25) is 0 Å². The minimum Gasteiger partial charge on any atom is -0.256 e. The molecule has 0 unspecified atom stereocenters. The lowest BCUT2D eigenvalue weighted by molar-refractivity contribution is 0.596. The fourth-order valence-corrected chi connectivity index (χ4v) is 4.30. The summed E-state index contributed by atoms with van der Waals surface area (Å²) in [6.45, 7) is 6.82. The monoisotopic (exact) mass is 413 g/mol. The van der Waals surface area contributed by atoms with Crippen molar-refractivity contribution in [3.05, 3.63) is 115 Å². The summed E-state index contributed by atoms with van der Waals surface area (Å²) in [5, 5.41) is 2.58. The second-order valence-electron chi connectivity index (χ2n) is 9.37. The fourth-order valence-electron chi connectivity index (χ4n) is 4.30. The predicted molar refractivity (Wildman–Crippen MR) is 137 cm³/mol. The Bertz CT molecular complexity index is 1360. The Balaban J connectivity index is 1.48. The van der Waals surface area contributed by atoms with Gasteiger partial charge in [-0.1, -0.05) is 106 Å². The topological polar surface area (TPSA) is 12.9 Å². The molecule has 1 aromatic heterocycles. The van der Waals surface area contributed by atoms with Crippen LogP contribution < -0.4 is 0 Å². The van der Waals surface area contributed by atoms with E-state index in [0.717, 1.165) is 11.3 Å². The molecule has 0 fully saturated rings. The largest absolute Gasteiger partial charge is 0.256 e. The molecule has 0 aliphatic rings. The molecule has 32 heavy (non-hydrogen) atoms. The van der Waals surface area contributed by atoms with Crippen molar-refractivity contribution in [2.45, 2.75) is 26.2 Å². The van der Waals surface area contributed by atoms with Gasteiger partial charge in [-0.15, -0.1) is 0 Å². The summed E-state index contributed by atoms with van der Waals surface area (Å²) < 4.78 is 0. The molecule has 0 aliphatic carbocycles. The number of hydrogen-bond acceptors (Lipinski definition) is 1. The van der Waals surface area contributed by atoms with Crippen molar-refractivity contribution in [2.24, 2.45) is 0 Å². The SMILES string of the molecule is CC(C)(C)c1cc(-c2ccc(-c3ccc(-c4ccccc4)cc3)cn2)cc2ccccc12. The third kappa shape index (κ3) is 3.94. The Kier molecular flexibility index (Phi) is 5.11. The molecule has 0 spiro atoms. The molecule has 156 valence electrons. The van der Waals surface area contributed by atoms with Gasteiger partial charge in [0.15, 0.2) is 0 Å². The molecule has 0 amide bonds. The van der Waals surface area contributed by atoms with Crippen LogP contribution in [0.25, 0.3) is 44.3 Å². The quantitative estimate of drug-likeness (QED) is 0.289. The molecule has 1 heteroatoms. The van der Waals surface area contributed by atoms with Crippen molar-refractivity contribution in [1.29, 1.82) is 0 Å². The highest BCUT2D eigenvalue weighted by Crippen LogP contribution is 2.34. The molecule has 0 N–H and O–H groups in total. The lowest BCUT2D eigenvalue weighted by Crippen LogP contribution is -2.12. The summed E-state index contributed by atoms with van der Waals surface area (Å²) in [5.74, 6) is 0. The van der Waals surface area contributed by atoms with E-state index in [-0.39, 0.29) is 5.41 Å². The van der Waals surface area contributed by atoms with Gasteiger partial charge in [0.25, 0.3) is 0 Å². The first-order chi connectivity index (χ1) is 15.5. The molecule has 0 bridgehead atoms. The zero-order valence-electron chi connectivity index (χ0n) is 18.8. The van der Waals surface area contributed by atoms with Crippen molar-refractivity contribution < 1.29 is 0 Å². The van der Waals surface area contributed by atoms with E-state index in [0.29, 0.717) is 0 Å². The Morgan fingerprint density at radius 1 is 0.531 bits per heavy atom. The van der Waals surface area contributed by atoms with Crippen LogP contribution in [0.4, 0.5) is 0 Å². The summed E-state index contributed by atoms with van der Waals surface area (Å²) in [7, 11) is 0. The lowest BCUT2D eigenvalue weighted by Gasteiger charge is -2.22.